The molecule has 0 spiro atoms. The Morgan fingerprint density at radius 1 is 1.50 bits per heavy atom. The smallest absolute Gasteiger partial charge is 0.417 e. The van der Waals surface area contributed by atoms with Gasteiger partial charge in [-0.05, 0) is 20.8 Å². The third-order valence-electron chi connectivity index (χ3n) is 3.14. The van der Waals surface area contributed by atoms with E-state index >= 15 is 0 Å². The van der Waals surface area contributed by atoms with Crippen molar-refractivity contribution < 1.29 is 19.4 Å². The second-order valence-electron chi connectivity index (χ2n) is 5.62. The van der Waals surface area contributed by atoms with Crippen molar-refractivity contribution in [3.63, 3.8) is 0 Å². The number of alkyl halides is 2. The molecule has 2 rings (SSSR count). The average molecular weight is 296 g/mol. The van der Waals surface area contributed by atoms with E-state index in [2.05, 4.69) is 0 Å². The maximum absolute atomic E-state index is 12.0. The predicted octanol–water partition coefficient (Wildman–Crippen LogP) is 1.54. The highest BCUT2D eigenvalue weighted by molar-refractivity contribution is 6.53. The maximum atomic E-state index is 12.0. The minimum atomic E-state index is -1.16. The number of halogens is 2. The van der Waals surface area contributed by atoms with Gasteiger partial charge in [0.05, 0.1) is 18.6 Å². The minimum absolute atomic E-state index is 0.368. The number of carbonyl (C=O) groups is 2. The van der Waals surface area contributed by atoms with Gasteiger partial charge in [-0.3, -0.25) is 4.79 Å². The van der Waals surface area contributed by atoms with E-state index in [0.717, 1.165) is 4.90 Å². The van der Waals surface area contributed by atoms with Gasteiger partial charge >= 0.3 is 6.09 Å². The summed E-state index contributed by atoms with van der Waals surface area (Å²) in [4.78, 5) is 24.8. The summed E-state index contributed by atoms with van der Waals surface area (Å²) in [6.45, 7) is 4.74. The van der Waals surface area contributed by atoms with Crippen molar-refractivity contribution >= 4 is 35.2 Å². The fourth-order valence-electron chi connectivity index (χ4n) is 2.35. The molecule has 1 aliphatic carbocycles. The lowest BCUT2D eigenvalue weighted by molar-refractivity contribution is -0.131. The van der Waals surface area contributed by atoms with Crippen LogP contribution in [0, 0.1) is 11.8 Å². The van der Waals surface area contributed by atoms with Gasteiger partial charge in [0.1, 0.15) is 9.93 Å². The number of hydrogen-bond acceptors (Lipinski definition) is 4. The van der Waals surface area contributed by atoms with Gasteiger partial charge in [-0.1, -0.05) is 0 Å². The number of aliphatic hydroxyl groups excluding tert-OH is 1. The lowest BCUT2D eigenvalue weighted by Gasteiger charge is -2.29. The van der Waals surface area contributed by atoms with Gasteiger partial charge in [0.2, 0.25) is 5.91 Å². The molecule has 5 nitrogen and oxygen atoms in total. The van der Waals surface area contributed by atoms with E-state index in [1.807, 2.05) is 0 Å². The first kappa shape index (κ1) is 13.9. The second kappa shape index (κ2) is 3.99. The summed E-state index contributed by atoms with van der Waals surface area (Å²) in [6.07, 6.45) is -0.761. The first-order chi connectivity index (χ1) is 8.11. The van der Waals surface area contributed by atoms with Crippen LogP contribution in [0.15, 0.2) is 0 Å². The Bertz CT molecular complexity index is 404. The van der Waals surface area contributed by atoms with Crippen LogP contribution < -0.4 is 0 Å². The highest BCUT2D eigenvalue weighted by atomic mass is 35.5. The molecular formula is C11H15Cl2NO4. The zero-order valence-corrected chi connectivity index (χ0v) is 11.8. The molecule has 1 saturated heterocycles. The molecule has 1 N–H and O–H groups in total. The highest BCUT2D eigenvalue weighted by Crippen LogP contribution is 2.65. The molecule has 1 heterocycles. The Kier molecular flexibility index (Phi) is 3.08. The molecule has 0 bridgehead atoms. The summed E-state index contributed by atoms with van der Waals surface area (Å²) in [5, 5.41) is 9.31. The van der Waals surface area contributed by atoms with E-state index in [4.69, 9.17) is 27.9 Å². The molecule has 0 radical (unpaired) electrons. The molecule has 0 aromatic heterocycles. The van der Waals surface area contributed by atoms with Crippen molar-refractivity contribution in [3.8, 4) is 0 Å². The number of rotatable bonds is 1. The molecule has 2 aliphatic rings. The van der Waals surface area contributed by atoms with E-state index < -0.39 is 39.8 Å². The van der Waals surface area contributed by atoms with Crippen LogP contribution in [0.1, 0.15) is 20.8 Å². The first-order valence-corrected chi connectivity index (χ1v) is 6.41. The van der Waals surface area contributed by atoms with Crippen LogP contribution in [0.5, 0.6) is 0 Å². The molecule has 1 saturated carbocycles. The van der Waals surface area contributed by atoms with Crippen molar-refractivity contribution in [2.24, 2.45) is 11.8 Å². The Labute approximate surface area is 115 Å². The minimum Gasteiger partial charge on any atom is -0.443 e. The molecule has 7 heteroatoms. The number of hydrogen-bond donors (Lipinski definition) is 1. The van der Waals surface area contributed by atoms with E-state index in [9.17, 15) is 14.7 Å². The first-order valence-electron chi connectivity index (χ1n) is 5.66. The van der Waals surface area contributed by atoms with Gasteiger partial charge in [0.25, 0.3) is 0 Å². The number of imide groups is 1. The monoisotopic (exact) mass is 295 g/mol. The molecule has 2 fully saturated rings. The molecule has 102 valence electrons. The number of piperidine rings is 1. The fourth-order valence-corrected chi connectivity index (χ4v) is 3.23. The van der Waals surface area contributed by atoms with Gasteiger partial charge in [0, 0.05) is 5.92 Å². The van der Waals surface area contributed by atoms with E-state index in [-0.39, 0.29) is 6.61 Å². The molecule has 18 heavy (non-hydrogen) atoms. The van der Waals surface area contributed by atoms with E-state index in [1.165, 1.54) is 0 Å². The largest absolute Gasteiger partial charge is 0.443 e. The SMILES string of the molecule is CC(C)(C)OC(=O)N1C(=O)[C@H]2[C@@H]([C@H]1CO)C2(Cl)Cl. The summed E-state index contributed by atoms with van der Waals surface area (Å²) in [7, 11) is 0. The Hall–Kier alpha value is -0.520. The Balaban J connectivity index is 2.16. The van der Waals surface area contributed by atoms with Crippen LogP contribution in [0.2, 0.25) is 0 Å². The predicted molar refractivity (Wildman–Crippen MR) is 65.4 cm³/mol. The van der Waals surface area contributed by atoms with Crippen LogP contribution in [-0.2, 0) is 9.53 Å². The normalized spacial score (nSPS) is 33.3. The summed E-state index contributed by atoms with van der Waals surface area (Å²) in [5.74, 6) is -1.50. The molecule has 0 aromatic carbocycles. The Morgan fingerprint density at radius 2 is 2.06 bits per heavy atom. The quantitative estimate of drug-likeness (QED) is 0.745. The molecule has 3 atom stereocenters. The number of aliphatic hydroxyl groups is 1. The summed E-state index contributed by atoms with van der Waals surface area (Å²) >= 11 is 11.9. The number of carbonyl (C=O) groups excluding carboxylic acids is 2. The van der Waals surface area contributed by atoms with Crippen LogP contribution in [0.3, 0.4) is 0 Å². The van der Waals surface area contributed by atoms with Gasteiger partial charge in [-0.25, -0.2) is 9.69 Å². The number of ether oxygens (including phenoxy) is 1. The molecule has 0 unspecified atom stereocenters. The number of fused-ring (bicyclic) bond motifs is 1. The number of likely N-dealkylation sites (tertiary alicyclic amines) is 1. The van der Waals surface area contributed by atoms with E-state index in [0.29, 0.717) is 0 Å². The van der Waals surface area contributed by atoms with Crippen LogP contribution in [0.25, 0.3) is 0 Å². The number of amides is 2. The van der Waals surface area contributed by atoms with Crippen molar-refractivity contribution in [1.82, 2.24) is 4.90 Å². The van der Waals surface area contributed by atoms with Crippen LogP contribution in [0.4, 0.5) is 4.79 Å². The summed E-state index contributed by atoms with van der Waals surface area (Å²) in [6, 6.07) is -0.702. The third kappa shape index (κ3) is 1.98. The van der Waals surface area contributed by atoms with Crippen molar-refractivity contribution in [3.05, 3.63) is 0 Å². The zero-order chi connectivity index (χ0) is 13.9. The topological polar surface area (TPSA) is 66.8 Å². The summed E-state index contributed by atoms with van der Waals surface area (Å²) < 4.78 is 3.97. The standard InChI is InChI=1S/C11H15Cl2NO4/c1-10(2,3)18-9(17)14-5(4-15)6-7(8(14)16)11(6,12)13/h5-7,15H,4H2,1-3H3/t5-,6-,7-/m1/s1. The average Bonchev–Trinajstić information content (AvgIpc) is 2.60. The third-order valence-corrected chi connectivity index (χ3v) is 4.11. The van der Waals surface area contributed by atoms with Gasteiger partial charge < -0.3 is 9.84 Å². The number of nitrogens with zero attached hydrogens (tertiary/aromatic N) is 1. The van der Waals surface area contributed by atoms with Crippen molar-refractivity contribution in [2.75, 3.05) is 6.61 Å². The second-order valence-corrected chi connectivity index (χ2v) is 7.06. The summed E-state index contributed by atoms with van der Waals surface area (Å²) in [5.41, 5.74) is -0.705. The van der Waals surface area contributed by atoms with Crippen molar-refractivity contribution in [1.29, 1.82) is 0 Å². The van der Waals surface area contributed by atoms with E-state index in [1.54, 1.807) is 20.8 Å². The van der Waals surface area contributed by atoms with Gasteiger partial charge in [-0.15, -0.1) is 23.2 Å². The van der Waals surface area contributed by atoms with Crippen LogP contribution >= 0.6 is 23.2 Å². The molecule has 0 aromatic rings. The van der Waals surface area contributed by atoms with Gasteiger partial charge in [-0.2, -0.15) is 0 Å². The lowest BCUT2D eigenvalue weighted by Crippen LogP contribution is -2.48. The lowest BCUT2D eigenvalue weighted by atomic mass is 10.2. The van der Waals surface area contributed by atoms with Crippen LogP contribution in [-0.4, -0.2) is 44.6 Å². The van der Waals surface area contributed by atoms with Crippen molar-refractivity contribution in [2.45, 2.75) is 36.7 Å². The van der Waals surface area contributed by atoms with Gasteiger partial charge in [0.15, 0.2) is 0 Å². The maximum Gasteiger partial charge on any atom is 0.417 e. The molecule has 1 aliphatic heterocycles. The Morgan fingerprint density at radius 3 is 2.50 bits per heavy atom. The molecule has 2 amide bonds. The zero-order valence-electron chi connectivity index (χ0n) is 10.3. The highest BCUT2D eigenvalue weighted by Gasteiger charge is 2.77. The molecular weight excluding hydrogens is 281 g/mol. The fraction of sp³-hybridized carbons (Fsp3) is 0.818.